The lowest BCUT2D eigenvalue weighted by Gasteiger charge is -1.87. The first-order chi connectivity index (χ1) is 6.31. The first-order valence-electron chi connectivity index (χ1n) is 3.82. The summed E-state index contributed by atoms with van der Waals surface area (Å²) in [6.07, 6.45) is 5.57. The van der Waals surface area contributed by atoms with Crippen LogP contribution in [0.15, 0.2) is 27.5 Å². The van der Waals surface area contributed by atoms with Crippen molar-refractivity contribution in [1.82, 2.24) is 4.98 Å². The molecule has 0 aliphatic rings. The van der Waals surface area contributed by atoms with E-state index < -0.39 is 0 Å². The van der Waals surface area contributed by atoms with E-state index in [0.29, 0.717) is 12.3 Å². The van der Waals surface area contributed by atoms with E-state index in [1.165, 1.54) is 0 Å². The topological polar surface area (TPSA) is 26.0 Å². The summed E-state index contributed by atoms with van der Waals surface area (Å²) in [6.45, 7) is 0. The van der Waals surface area contributed by atoms with Gasteiger partial charge < -0.3 is 4.42 Å². The fourth-order valence-electron chi connectivity index (χ4n) is 1.14. The maximum absolute atomic E-state index is 5.39. The second-order valence-corrected chi connectivity index (χ2v) is 3.09. The first kappa shape index (κ1) is 8.21. The Morgan fingerprint density at radius 1 is 1.54 bits per heavy atom. The Morgan fingerprint density at radius 3 is 3.08 bits per heavy atom. The van der Waals surface area contributed by atoms with Crippen molar-refractivity contribution in [3.8, 4) is 12.3 Å². The average molecular weight is 189 g/mol. The van der Waals surface area contributed by atoms with E-state index in [-0.39, 0.29) is 0 Å². The molecule has 0 bridgehead atoms. The molecule has 2 nitrogen and oxygen atoms in total. The number of para-hydroxylation sites is 1. The molecule has 0 spiro atoms. The normalized spacial score (nSPS) is 10.2. The van der Waals surface area contributed by atoms with Crippen LogP contribution in [0.25, 0.3) is 11.1 Å². The van der Waals surface area contributed by atoms with Crippen LogP contribution in [0.2, 0.25) is 0 Å². The zero-order valence-corrected chi connectivity index (χ0v) is 7.71. The molecule has 0 fully saturated rings. The lowest BCUT2D eigenvalue weighted by atomic mass is 10.3. The smallest absolute Gasteiger partial charge is 0.207 e. The van der Waals surface area contributed by atoms with Gasteiger partial charge in [-0.15, -0.1) is 19.1 Å². The van der Waals surface area contributed by atoms with Crippen LogP contribution in [0.3, 0.4) is 0 Å². The molecule has 2 rings (SSSR count). The molecule has 1 aromatic heterocycles. The Balaban J connectivity index is 2.63. The Hall–Kier alpha value is -1.40. The van der Waals surface area contributed by atoms with Crippen molar-refractivity contribution in [2.75, 3.05) is 0 Å². The lowest BCUT2D eigenvalue weighted by Crippen LogP contribution is -1.78. The van der Waals surface area contributed by atoms with Crippen LogP contribution in [-0.2, 0) is 6.42 Å². The van der Waals surface area contributed by atoms with Gasteiger partial charge in [0, 0.05) is 4.90 Å². The second kappa shape index (κ2) is 3.15. The molecule has 0 unspecified atom stereocenters. The molecular formula is C10H7NOS. The van der Waals surface area contributed by atoms with Gasteiger partial charge in [0.2, 0.25) is 5.89 Å². The number of thiol groups is 1. The van der Waals surface area contributed by atoms with Gasteiger partial charge in [0.15, 0.2) is 5.58 Å². The van der Waals surface area contributed by atoms with E-state index in [9.17, 15) is 0 Å². The molecule has 0 radical (unpaired) electrons. The Kier molecular flexibility index (Phi) is 1.99. The summed E-state index contributed by atoms with van der Waals surface area (Å²) in [7, 11) is 0. The largest absolute Gasteiger partial charge is 0.440 e. The lowest BCUT2D eigenvalue weighted by molar-refractivity contribution is 0.549. The fraction of sp³-hybridized carbons (Fsp3) is 0.100. The third kappa shape index (κ3) is 1.41. The molecule has 3 heteroatoms. The number of benzene rings is 1. The van der Waals surface area contributed by atoms with Gasteiger partial charge in [-0.1, -0.05) is 12.0 Å². The molecule has 0 saturated carbocycles. The number of oxazole rings is 1. The van der Waals surface area contributed by atoms with Crippen LogP contribution in [0.4, 0.5) is 0 Å². The first-order valence-corrected chi connectivity index (χ1v) is 4.27. The maximum Gasteiger partial charge on any atom is 0.207 e. The van der Waals surface area contributed by atoms with Crippen LogP contribution in [0, 0.1) is 12.3 Å². The van der Waals surface area contributed by atoms with Crippen LogP contribution in [0.5, 0.6) is 0 Å². The van der Waals surface area contributed by atoms with Gasteiger partial charge in [-0.25, -0.2) is 4.98 Å². The fourth-order valence-corrected chi connectivity index (χ4v) is 1.39. The highest BCUT2D eigenvalue weighted by Gasteiger charge is 2.05. The SMILES string of the molecule is C#CCc1nc2c(S)cccc2o1. The van der Waals surface area contributed by atoms with Gasteiger partial charge in [0.1, 0.15) is 5.52 Å². The van der Waals surface area contributed by atoms with E-state index in [1.54, 1.807) is 0 Å². The molecule has 13 heavy (non-hydrogen) atoms. The summed E-state index contributed by atoms with van der Waals surface area (Å²) in [6, 6.07) is 5.59. The van der Waals surface area contributed by atoms with Crippen molar-refractivity contribution in [3.05, 3.63) is 24.1 Å². The minimum absolute atomic E-state index is 0.419. The standard InChI is InChI=1S/C10H7NOS/c1-2-4-9-11-10-7(12-9)5-3-6-8(10)13/h1,3,5-6,13H,4H2. The summed E-state index contributed by atoms with van der Waals surface area (Å²) < 4.78 is 5.39. The predicted octanol–water partition coefficient (Wildman–Crippen LogP) is 2.29. The predicted molar refractivity (Wildman–Crippen MR) is 53.8 cm³/mol. The molecule has 1 aromatic carbocycles. The van der Waals surface area contributed by atoms with Crippen LogP contribution < -0.4 is 0 Å². The Bertz CT molecular complexity index is 481. The van der Waals surface area contributed by atoms with Gasteiger partial charge in [0.05, 0.1) is 6.42 Å². The second-order valence-electron chi connectivity index (χ2n) is 2.61. The zero-order chi connectivity index (χ0) is 9.26. The molecule has 0 N–H and O–H groups in total. The van der Waals surface area contributed by atoms with Crippen LogP contribution in [-0.4, -0.2) is 4.98 Å². The zero-order valence-electron chi connectivity index (χ0n) is 6.82. The van der Waals surface area contributed by atoms with Crippen LogP contribution >= 0.6 is 12.6 Å². The van der Waals surface area contributed by atoms with Gasteiger partial charge >= 0.3 is 0 Å². The summed E-state index contributed by atoms with van der Waals surface area (Å²) in [5, 5.41) is 0. The minimum Gasteiger partial charge on any atom is -0.440 e. The number of nitrogens with zero attached hydrogens (tertiary/aromatic N) is 1. The number of hydrogen-bond donors (Lipinski definition) is 1. The molecule has 64 valence electrons. The number of terminal acetylenes is 1. The quantitative estimate of drug-likeness (QED) is 0.550. The van der Waals surface area contributed by atoms with E-state index in [4.69, 9.17) is 10.8 Å². The van der Waals surface area contributed by atoms with Crippen molar-refractivity contribution in [2.24, 2.45) is 0 Å². The van der Waals surface area contributed by atoms with Gasteiger partial charge in [-0.05, 0) is 12.1 Å². The van der Waals surface area contributed by atoms with E-state index in [0.717, 1.165) is 16.0 Å². The third-order valence-electron chi connectivity index (χ3n) is 1.70. The average Bonchev–Trinajstić information content (AvgIpc) is 2.49. The molecule has 0 saturated heterocycles. The summed E-state index contributed by atoms with van der Waals surface area (Å²) >= 11 is 4.26. The molecule has 0 aliphatic heterocycles. The Morgan fingerprint density at radius 2 is 2.38 bits per heavy atom. The maximum atomic E-state index is 5.39. The van der Waals surface area contributed by atoms with Crippen molar-refractivity contribution >= 4 is 23.7 Å². The summed E-state index contributed by atoms with van der Waals surface area (Å²) in [4.78, 5) is 5.03. The van der Waals surface area contributed by atoms with E-state index in [2.05, 4.69) is 23.5 Å². The highest BCUT2D eigenvalue weighted by Crippen LogP contribution is 2.21. The Labute approximate surface area is 81.4 Å². The molecular weight excluding hydrogens is 182 g/mol. The van der Waals surface area contributed by atoms with E-state index >= 15 is 0 Å². The van der Waals surface area contributed by atoms with Gasteiger partial charge in [-0.3, -0.25) is 0 Å². The number of hydrogen-bond acceptors (Lipinski definition) is 3. The van der Waals surface area contributed by atoms with Crippen molar-refractivity contribution in [1.29, 1.82) is 0 Å². The third-order valence-corrected chi connectivity index (χ3v) is 2.06. The van der Waals surface area contributed by atoms with Gasteiger partial charge in [-0.2, -0.15) is 0 Å². The molecule has 0 amide bonds. The highest BCUT2D eigenvalue weighted by atomic mass is 32.1. The van der Waals surface area contributed by atoms with Crippen molar-refractivity contribution in [3.63, 3.8) is 0 Å². The molecule has 1 heterocycles. The van der Waals surface area contributed by atoms with E-state index in [1.807, 2.05) is 18.2 Å². The molecule has 2 aromatic rings. The molecule has 0 aliphatic carbocycles. The monoisotopic (exact) mass is 189 g/mol. The number of fused-ring (bicyclic) bond motifs is 1. The minimum atomic E-state index is 0.419. The summed E-state index contributed by atoms with van der Waals surface area (Å²) in [5.41, 5.74) is 1.51. The van der Waals surface area contributed by atoms with Gasteiger partial charge in [0.25, 0.3) is 0 Å². The molecule has 0 atom stereocenters. The number of aromatic nitrogens is 1. The summed E-state index contributed by atoms with van der Waals surface area (Å²) in [5.74, 6) is 3.05. The number of rotatable bonds is 1. The van der Waals surface area contributed by atoms with Crippen LogP contribution in [0.1, 0.15) is 5.89 Å². The highest BCUT2D eigenvalue weighted by molar-refractivity contribution is 7.80. The van der Waals surface area contributed by atoms with Crippen molar-refractivity contribution in [2.45, 2.75) is 11.3 Å². The van der Waals surface area contributed by atoms with Crippen molar-refractivity contribution < 1.29 is 4.42 Å².